The van der Waals surface area contributed by atoms with E-state index in [2.05, 4.69) is 9.99 Å². The van der Waals surface area contributed by atoms with Gasteiger partial charge < -0.3 is 9.57 Å². The Morgan fingerprint density at radius 3 is 2.19 bits per heavy atom. The van der Waals surface area contributed by atoms with Gasteiger partial charge in [-0.3, -0.25) is 0 Å². The Balaban J connectivity index is 1.77. The first-order valence-corrected chi connectivity index (χ1v) is 6.76. The average Bonchev–Trinajstić information content (AvgIpc) is 2.49. The second-order valence-electron chi connectivity index (χ2n) is 3.99. The lowest BCUT2D eigenvalue weighted by atomic mass is 10.2. The third kappa shape index (κ3) is 5.45. The van der Waals surface area contributed by atoms with Gasteiger partial charge >= 0.3 is 5.97 Å². The summed E-state index contributed by atoms with van der Waals surface area (Å²) in [6.07, 6.45) is 1.41. The number of nitrogens with zero attached hydrogens (tertiary/aromatic N) is 1. The number of rotatable bonds is 5. The highest BCUT2D eigenvalue weighted by Crippen LogP contribution is 2.15. The Morgan fingerprint density at radius 1 is 1.00 bits per heavy atom. The van der Waals surface area contributed by atoms with Gasteiger partial charge in [-0.2, -0.15) is 0 Å². The molecule has 108 valence electrons. The Morgan fingerprint density at radius 2 is 1.57 bits per heavy atom. The molecule has 6 heteroatoms. The Labute approximate surface area is 131 Å². The van der Waals surface area contributed by atoms with Crippen LogP contribution < -0.4 is 4.74 Å². The summed E-state index contributed by atoms with van der Waals surface area (Å²) in [6.45, 7) is -0.237. The molecule has 0 fully saturated rings. The van der Waals surface area contributed by atoms with E-state index < -0.39 is 5.97 Å². The van der Waals surface area contributed by atoms with Crippen molar-refractivity contribution in [1.29, 1.82) is 0 Å². The van der Waals surface area contributed by atoms with Crippen molar-refractivity contribution < 1.29 is 14.4 Å². The second kappa shape index (κ2) is 7.67. The van der Waals surface area contributed by atoms with Crippen LogP contribution in [0.2, 0.25) is 10.0 Å². The molecule has 0 unspecified atom stereocenters. The molecule has 0 amide bonds. The third-order valence-corrected chi connectivity index (χ3v) is 2.90. The summed E-state index contributed by atoms with van der Waals surface area (Å²) in [5.41, 5.74) is 0.769. The van der Waals surface area contributed by atoms with Gasteiger partial charge in [-0.25, -0.2) is 4.79 Å². The van der Waals surface area contributed by atoms with Gasteiger partial charge in [0, 0.05) is 10.0 Å². The molecular weight excluding hydrogens is 313 g/mol. The summed E-state index contributed by atoms with van der Waals surface area (Å²) in [5.74, 6) is -0.0757. The molecule has 2 aromatic rings. The molecule has 0 atom stereocenters. The van der Waals surface area contributed by atoms with Crippen LogP contribution in [0.1, 0.15) is 5.56 Å². The normalized spacial score (nSPS) is 10.6. The van der Waals surface area contributed by atoms with E-state index in [1.807, 2.05) is 0 Å². The van der Waals surface area contributed by atoms with Crippen molar-refractivity contribution in [2.75, 3.05) is 6.61 Å². The molecular formula is C15H11Cl2NO3. The van der Waals surface area contributed by atoms with Crippen molar-refractivity contribution >= 4 is 35.4 Å². The van der Waals surface area contributed by atoms with Gasteiger partial charge in [0.25, 0.3) is 0 Å². The Bertz CT molecular complexity index is 624. The van der Waals surface area contributed by atoms with Crippen molar-refractivity contribution in [3.63, 3.8) is 0 Å². The van der Waals surface area contributed by atoms with Gasteiger partial charge in [-0.1, -0.05) is 40.5 Å². The van der Waals surface area contributed by atoms with Crippen molar-refractivity contribution in [2.24, 2.45) is 5.16 Å². The highest BCUT2D eigenvalue weighted by molar-refractivity contribution is 6.30. The first-order chi connectivity index (χ1) is 10.1. The molecule has 0 aliphatic carbocycles. The predicted molar refractivity (Wildman–Crippen MR) is 82.1 cm³/mol. The quantitative estimate of drug-likeness (QED) is 0.475. The van der Waals surface area contributed by atoms with Crippen molar-refractivity contribution in [3.8, 4) is 5.75 Å². The molecule has 0 saturated heterocycles. The fourth-order valence-electron chi connectivity index (χ4n) is 1.39. The number of oxime groups is 1. The van der Waals surface area contributed by atoms with E-state index in [1.54, 1.807) is 48.5 Å². The van der Waals surface area contributed by atoms with Crippen LogP contribution >= 0.6 is 23.2 Å². The molecule has 0 heterocycles. The molecule has 0 spiro atoms. The Hall–Kier alpha value is -2.04. The molecule has 0 aromatic heterocycles. The minimum Gasteiger partial charge on any atom is -0.482 e. The molecule has 0 aliphatic rings. The minimum atomic E-state index is -0.602. The van der Waals surface area contributed by atoms with E-state index in [9.17, 15) is 4.79 Å². The number of halogens is 2. The standard InChI is InChI=1S/C15H11Cl2NO3/c16-12-3-1-11(2-4-12)9-18-21-15(19)10-20-14-7-5-13(17)6-8-14/h1-9H,10H2. The predicted octanol–water partition coefficient (Wildman–Crippen LogP) is 3.95. The summed E-state index contributed by atoms with van der Waals surface area (Å²) in [4.78, 5) is 16.1. The van der Waals surface area contributed by atoms with Crippen LogP contribution in [-0.4, -0.2) is 18.8 Å². The van der Waals surface area contributed by atoms with E-state index in [0.29, 0.717) is 15.8 Å². The largest absolute Gasteiger partial charge is 0.482 e. The van der Waals surface area contributed by atoms with Crippen LogP contribution in [0.15, 0.2) is 53.7 Å². The van der Waals surface area contributed by atoms with Crippen LogP contribution in [0.25, 0.3) is 0 Å². The molecule has 0 saturated carbocycles. The maximum Gasteiger partial charge on any atom is 0.372 e. The molecule has 2 aromatic carbocycles. The van der Waals surface area contributed by atoms with E-state index in [1.165, 1.54) is 6.21 Å². The molecule has 2 rings (SSSR count). The van der Waals surface area contributed by atoms with Crippen LogP contribution in [-0.2, 0) is 9.63 Å². The summed E-state index contributed by atoms with van der Waals surface area (Å²) >= 11 is 11.5. The fraction of sp³-hybridized carbons (Fsp3) is 0.0667. The summed E-state index contributed by atoms with van der Waals surface area (Å²) in [6, 6.07) is 13.6. The molecule has 0 N–H and O–H groups in total. The lowest BCUT2D eigenvalue weighted by Crippen LogP contribution is -2.12. The van der Waals surface area contributed by atoms with E-state index in [-0.39, 0.29) is 6.61 Å². The van der Waals surface area contributed by atoms with Gasteiger partial charge in [0.2, 0.25) is 0 Å². The van der Waals surface area contributed by atoms with Gasteiger partial charge in [-0.05, 0) is 42.0 Å². The lowest BCUT2D eigenvalue weighted by Gasteiger charge is -2.03. The minimum absolute atomic E-state index is 0.237. The van der Waals surface area contributed by atoms with E-state index in [4.69, 9.17) is 27.9 Å². The van der Waals surface area contributed by atoms with Crippen molar-refractivity contribution in [1.82, 2.24) is 0 Å². The highest BCUT2D eigenvalue weighted by atomic mass is 35.5. The molecule has 4 nitrogen and oxygen atoms in total. The maximum absolute atomic E-state index is 11.4. The van der Waals surface area contributed by atoms with Gasteiger partial charge in [-0.15, -0.1) is 0 Å². The smallest absolute Gasteiger partial charge is 0.372 e. The molecule has 21 heavy (non-hydrogen) atoms. The number of benzene rings is 2. The average molecular weight is 324 g/mol. The SMILES string of the molecule is O=C(COc1ccc(Cl)cc1)ON=Cc1ccc(Cl)cc1. The number of ether oxygens (including phenoxy) is 1. The van der Waals surface area contributed by atoms with Gasteiger partial charge in [0.1, 0.15) is 5.75 Å². The van der Waals surface area contributed by atoms with Crippen LogP contribution in [0.5, 0.6) is 5.75 Å². The van der Waals surface area contributed by atoms with Crippen molar-refractivity contribution in [3.05, 3.63) is 64.1 Å². The van der Waals surface area contributed by atoms with Crippen LogP contribution in [0.4, 0.5) is 0 Å². The van der Waals surface area contributed by atoms with E-state index in [0.717, 1.165) is 5.56 Å². The first kappa shape index (κ1) is 15.4. The van der Waals surface area contributed by atoms with Gasteiger partial charge in [0.05, 0.1) is 6.21 Å². The summed E-state index contributed by atoms with van der Waals surface area (Å²) in [7, 11) is 0. The fourth-order valence-corrected chi connectivity index (χ4v) is 1.65. The number of carbonyl (C=O) groups excluding carboxylic acids is 1. The first-order valence-electron chi connectivity index (χ1n) is 6.00. The maximum atomic E-state index is 11.4. The number of hydrogen-bond acceptors (Lipinski definition) is 4. The van der Waals surface area contributed by atoms with Crippen LogP contribution in [0, 0.1) is 0 Å². The zero-order valence-corrected chi connectivity index (χ0v) is 12.3. The highest BCUT2D eigenvalue weighted by Gasteiger charge is 2.03. The topological polar surface area (TPSA) is 47.9 Å². The van der Waals surface area contributed by atoms with Gasteiger partial charge in [0.15, 0.2) is 6.61 Å². The third-order valence-electron chi connectivity index (χ3n) is 2.40. The number of hydrogen-bond donors (Lipinski definition) is 0. The number of carbonyl (C=O) groups is 1. The molecule has 0 aliphatic heterocycles. The zero-order chi connectivity index (χ0) is 15.1. The van der Waals surface area contributed by atoms with Crippen molar-refractivity contribution in [2.45, 2.75) is 0 Å². The van der Waals surface area contributed by atoms with E-state index >= 15 is 0 Å². The summed E-state index contributed by atoms with van der Waals surface area (Å²) in [5, 5.41) is 4.80. The lowest BCUT2D eigenvalue weighted by molar-refractivity contribution is -0.145. The second-order valence-corrected chi connectivity index (χ2v) is 4.86. The monoisotopic (exact) mass is 323 g/mol. The molecule has 0 radical (unpaired) electrons. The molecule has 0 bridgehead atoms. The van der Waals surface area contributed by atoms with Crippen LogP contribution in [0.3, 0.4) is 0 Å². The summed E-state index contributed by atoms with van der Waals surface area (Å²) < 4.78 is 5.22. The Kier molecular flexibility index (Phi) is 5.60. The zero-order valence-electron chi connectivity index (χ0n) is 10.8.